The molecule has 0 saturated heterocycles. The minimum atomic E-state index is -0.795. The number of carbonyl (C=O) groups is 2. The third-order valence-electron chi connectivity index (χ3n) is 8.80. The van der Waals surface area contributed by atoms with Gasteiger partial charge in [0, 0.05) is 12.8 Å². The number of unbranched alkanes of at least 4 members (excludes halogenated alkanes) is 12. The summed E-state index contributed by atoms with van der Waals surface area (Å²) in [6, 6.07) is 0. The van der Waals surface area contributed by atoms with Crippen LogP contribution in [-0.2, 0) is 19.1 Å². The number of aliphatic hydroxyl groups is 1. The Morgan fingerprint density at radius 2 is 0.782 bits per heavy atom. The number of rotatable bonds is 38. The van der Waals surface area contributed by atoms with Gasteiger partial charge in [-0.15, -0.1) is 0 Å². The maximum atomic E-state index is 12.2. The van der Waals surface area contributed by atoms with E-state index in [0.29, 0.717) is 12.8 Å². The smallest absolute Gasteiger partial charge is 0.306 e. The average Bonchev–Trinajstić information content (AvgIpc) is 3.19. The summed E-state index contributed by atoms with van der Waals surface area (Å²) >= 11 is 0. The Bertz CT molecular complexity index is 1130. The van der Waals surface area contributed by atoms with Crippen LogP contribution >= 0.6 is 0 Å². The first-order valence-electron chi connectivity index (χ1n) is 21.9. The van der Waals surface area contributed by atoms with Crippen LogP contribution in [-0.4, -0.2) is 36.4 Å². The van der Waals surface area contributed by atoms with E-state index in [1.165, 1.54) is 25.7 Å². The summed E-state index contributed by atoms with van der Waals surface area (Å²) in [5, 5.41) is 9.58. The predicted molar refractivity (Wildman–Crippen MR) is 237 cm³/mol. The minimum Gasteiger partial charge on any atom is -0.462 e. The van der Waals surface area contributed by atoms with Crippen molar-refractivity contribution in [1.82, 2.24) is 0 Å². The number of carbonyl (C=O) groups excluding carboxylic acids is 2. The van der Waals surface area contributed by atoms with Crippen LogP contribution in [0.15, 0.2) is 109 Å². The maximum absolute atomic E-state index is 12.2. The molecule has 310 valence electrons. The van der Waals surface area contributed by atoms with Gasteiger partial charge in [0.1, 0.15) is 6.61 Å². The lowest BCUT2D eigenvalue weighted by Gasteiger charge is -2.15. The Hall–Kier alpha value is -3.44. The zero-order chi connectivity index (χ0) is 40.0. The molecule has 5 heteroatoms. The molecule has 0 amide bonds. The van der Waals surface area contributed by atoms with Gasteiger partial charge < -0.3 is 14.6 Å². The highest BCUT2D eigenvalue weighted by molar-refractivity contribution is 5.70. The predicted octanol–water partition coefficient (Wildman–Crippen LogP) is 14.2. The molecule has 55 heavy (non-hydrogen) atoms. The van der Waals surface area contributed by atoms with Gasteiger partial charge in [0.2, 0.25) is 0 Å². The van der Waals surface area contributed by atoms with Crippen molar-refractivity contribution >= 4 is 11.9 Å². The normalized spacial score (nSPS) is 13.3. The van der Waals surface area contributed by atoms with E-state index in [2.05, 4.69) is 123 Å². The van der Waals surface area contributed by atoms with Crippen LogP contribution in [0.1, 0.15) is 174 Å². The second kappa shape index (κ2) is 45.0. The summed E-state index contributed by atoms with van der Waals surface area (Å²) in [7, 11) is 0. The van der Waals surface area contributed by atoms with Gasteiger partial charge in [0.05, 0.1) is 6.61 Å². The maximum Gasteiger partial charge on any atom is 0.306 e. The lowest BCUT2D eigenvalue weighted by atomic mass is 10.1. The fourth-order valence-electron chi connectivity index (χ4n) is 5.49. The number of hydrogen-bond acceptors (Lipinski definition) is 5. The molecule has 0 aliphatic heterocycles. The van der Waals surface area contributed by atoms with Gasteiger partial charge in [-0.3, -0.25) is 9.59 Å². The first-order valence-corrected chi connectivity index (χ1v) is 21.9. The molecule has 1 unspecified atom stereocenters. The Balaban J connectivity index is 3.67. The van der Waals surface area contributed by atoms with E-state index in [0.717, 1.165) is 122 Å². The Kier molecular flexibility index (Phi) is 42.1. The van der Waals surface area contributed by atoms with E-state index in [-0.39, 0.29) is 25.2 Å². The van der Waals surface area contributed by atoms with Crippen LogP contribution in [0.2, 0.25) is 0 Å². The SMILES string of the molecule is CC/C=C\C/C=C\C/C=C\C/C=C\C/C=C\C/C=C\C/C=C\CCCCCCCC(=O)OC(CO)COC(=O)CCCCCCC/C=C\C/C=C\CCCC. The summed E-state index contributed by atoms with van der Waals surface area (Å²) in [6.45, 7) is 3.93. The molecule has 0 aromatic carbocycles. The fraction of sp³-hybridized carbons (Fsp3) is 0.600. The van der Waals surface area contributed by atoms with Crippen LogP contribution in [0.4, 0.5) is 0 Å². The number of allylic oxidation sites excluding steroid dienone is 18. The monoisotopic (exact) mass is 761 g/mol. The van der Waals surface area contributed by atoms with Crippen LogP contribution in [0.25, 0.3) is 0 Å². The van der Waals surface area contributed by atoms with Crippen molar-refractivity contribution in [1.29, 1.82) is 0 Å². The van der Waals surface area contributed by atoms with Crippen LogP contribution in [0.3, 0.4) is 0 Å². The van der Waals surface area contributed by atoms with Gasteiger partial charge in [0.15, 0.2) is 6.10 Å². The highest BCUT2D eigenvalue weighted by Crippen LogP contribution is 2.11. The minimum absolute atomic E-state index is 0.0885. The lowest BCUT2D eigenvalue weighted by Crippen LogP contribution is -2.28. The Morgan fingerprint density at radius 1 is 0.436 bits per heavy atom. The fourth-order valence-corrected chi connectivity index (χ4v) is 5.49. The zero-order valence-corrected chi connectivity index (χ0v) is 35.1. The summed E-state index contributed by atoms with van der Waals surface area (Å²) in [5.41, 5.74) is 0. The van der Waals surface area contributed by atoms with Gasteiger partial charge in [-0.1, -0.05) is 175 Å². The molecule has 0 spiro atoms. The van der Waals surface area contributed by atoms with Crippen molar-refractivity contribution in [3.8, 4) is 0 Å². The van der Waals surface area contributed by atoms with Gasteiger partial charge >= 0.3 is 11.9 Å². The van der Waals surface area contributed by atoms with E-state index in [9.17, 15) is 14.7 Å². The molecule has 0 bridgehead atoms. The van der Waals surface area contributed by atoms with Crippen molar-refractivity contribution < 1.29 is 24.2 Å². The third-order valence-corrected chi connectivity index (χ3v) is 8.80. The molecule has 0 aromatic heterocycles. The van der Waals surface area contributed by atoms with E-state index in [1.807, 2.05) is 0 Å². The number of hydrogen-bond donors (Lipinski definition) is 1. The first kappa shape index (κ1) is 51.6. The molecule has 0 radical (unpaired) electrons. The summed E-state index contributed by atoms with van der Waals surface area (Å²) < 4.78 is 10.6. The Morgan fingerprint density at radius 3 is 1.18 bits per heavy atom. The number of ether oxygens (including phenoxy) is 2. The van der Waals surface area contributed by atoms with Crippen molar-refractivity contribution in [2.24, 2.45) is 0 Å². The zero-order valence-electron chi connectivity index (χ0n) is 35.1. The average molecular weight is 761 g/mol. The second-order valence-electron chi connectivity index (χ2n) is 14.0. The quantitative estimate of drug-likeness (QED) is 0.0385. The Labute approximate surface area is 338 Å². The summed E-state index contributed by atoms with van der Waals surface area (Å²) in [5.74, 6) is -0.640. The second-order valence-corrected chi connectivity index (χ2v) is 14.0. The van der Waals surface area contributed by atoms with Crippen molar-refractivity contribution in [2.75, 3.05) is 13.2 Å². The van der Waals surface area contributed by atoms with E-state index >= 15 is 0 Å². The third kappa shape index (κ3) is 43.2. The van der Waals surface area contributed by atoms with Crippen molar-refractivity contribution in [2.45, 2.75) is 180 Å². The van der Waals surface area contributed by atoms with E-state index in [4.69, 9.17) is 9.47 Å². The molecule has 0 saturated carbocycles. The van der Waals surface area contributed by atoms with Crippen molar-refractivity contribution in [3.05, 3.63) is 109 Å². The van der Waals surface area contributed by atoms with Crippen LogP contribution in [0, 0.1) is 0 Å². The largest absolute Gasteiger partial charge is 0.462 e. The molecule has 0 aliphatic rings. The van der Waals surface area contributed by atoms with Gasteiger partial charge in [0.25, 0.3) is 0 Å². The molecular weight excluding hydrogens is 681 g/mol. The van der Waals surface area contributed by atoms with Gasteiger partial charge in [-0.05, 0) is 96.3 Å². The molecule has 0 heterocycles. The van der Waals surface area contributed by atoms with Gasteiger partial charge in [-0.2, -0.15) is 0 Å². The van der Waals surface area contributed by atoms with E-state index < -0.39 is 6.10 Å². The lowest BCUT2D eigenvalue weighted by molar-refractivity contribution is -0.161. The molecule has 0 rings (SSSR count). The van der Waals surface area contributed by atoms with Crippen molar-refractivity contribution in [3.63, 3.8) is 0 Å². The molecule has 1 N–H and O–H groups in total. The number of aliphatic hydroxyl groups excluding tert-OH is 1. The molecule has 0 aromatic rings. The molecular formula is C50H80O5. The standard InChI is InChI=1S/C50H80O5/c1-3-5-7-9-11-13-15-17-19-20-21-22-23-24-25-26-27-28-29-30-31-33-35-37-39-41-43-45-50(53)55-48(46-51)47-54-49(52)44-42-40-38-36-34-32-18-16-14-12-10-8-6-4-2/h5,7,10-13,16-19,21-22,24-25,27-28,30-31,48,51H,3-4,6,8-9,14-15,20,23,26,29,32-47H2,1-2H3/b7-5-,12-10-,13-11-,18-16-,19-17-,22-21-,25-24-,28-27-,31-30-. The molecule has 5 nitrogen and oxygen atoms in total. The highest BCUT2D eigenvalue weighted by Gasteiger charge is 2.16. The van der Waals surface area contributed by atoms with Gasteiger partial charge in [-0.25, -0.2) is 0 Å². The topological polar surface area (TPSA) is 72.8 Å². The van der Waals surface area contributed by atoms with E-state index in [1.54, 1.807) is 0 Å². The highest BCUT2D eigenvalue weighted by atomic mass is 16.6. The van der Waals surface area contributed by atoms with Crippen LogP contribution in [0.5, 0.6) is 0 Å². The first-order chi connectivity index (χ1) is 27.1. The summed E-state index contributed by atoms with van der Waals surface area (Å²) in [4.78, 5) is 24.3. The molecule has 1 atom stereocenters. The number of esters is 2. The van der Waals surface area contributed by atoms with Crippen LogP contribution < -0.4 is 0 Å². The molecule has 0 fully saturated rings. The summed E-state index contributed by atoms with van der Waals surface area (Å²) in [6.07, 6.45) is 64.4. The molecule has 0 aliphatic carbocycles.